The lowest BCUT2D eigenvalue weighted by Crippen LogP contribution is -2.29. The van der Waals surface area contributed by atoms with Crippen molar-refractivity contribution in [3.8, 4) is 0 Å². The molecule has 7 nitrogen and oxygen atoms in total. The first-order valence-corrected chi connectivity index (χ1v) is 10.3. The quantitative estimate of drug-likeness (QED) is 0.688. The van der Waals surface area contributed by atoms with Crippen molar-refractivity contribution in [2.45, 2.75) is 37.1 Å². The van der Waals surface area contributed by atoms with Crippen molar-refractivity contribution in [2.75, 3.05) is 13.1 Å². The van der Waals surface area contributed by atoms with E-state index in [1.807, 2.05) is 12.1 Å². The number of aryl methyl sites for hydroxylation is 1. The largest absolute Gasteiger partial charge is 0.308 e. The molecule has 1 aliphatic rings. The summed E-state index contributed by atoms with van der Waals surface area (Å²) in [7, 11) is -3.52. The van der Waals surface area contributed by atoms with Gasteiger partial charge in [0.05, 0.1) is 6.04 Å². The summed E-state index contributed by atoms with van der Waals surface area (Å²) in [5.74, 6) is 0.979. The first kappa shape index (κ1) is 17.1. The van der Waals surface area contributed by atoms with Crippen LogP contribution < -0.4 is 0 Å². The maximum Gasteiger partial charge on any atom is 0.244 e. The number of sulfonamides is 1. The van der Waals surface area contributed by atoms with Crippen molar-refractivity contribution in [1.82, 2.24) is 23.8 Å². The Morgan fingerprint density at radius 2 is 2.08 bits per heavy atom. The molecule has 4 heterocycles. The molecule has 0 aliphatic carbocycles. The van der Waals surface area contributed by atoms with Gasteiger partial charge in [0.1, 0.15) is 16.2 Å². The van der Waals surface area contributed by atoms with Crippen LogP contribution in [0.15, 0.2) is 47.8 Å². The Labute approximate surface area is 152 Å². The molecule has 1 atom stereocenters. The average Bonchev–Trinajstić information content (AvgIpc) is 3.27. The lowest BCUT2D eigenvalue weighted by Gasteiger charge is -2.18. The van der Waals surface area contributed by atoms with Crippen LogP contribution in [0.4, 0.5) is 0 Å². The van der Waals surface area contributed by atoms with Crippen molar-refractivity contribution >= 4 is 21.2 Å². The smallest absolute Gasteiger partial charge is 0.244 e. The Morgan fingerprint density at radius 3 is 2.85 bits per heavy atom. The van der Waals surface area contributed by atoms with Gasteiger partial charge in [0.15, 0.2) is 5.65 Å². The third kappa shape index (κ3) is 2.89. The highest BCUT2D eigenvalue weighted by Gasteiger charge is 2.35. The van der Waals surface area contributed by atoms with E-state index in [9.17, 15) is 8.42 Å². The number of fused-ring (bicyclic) bond motifs is 1. The highest BCUT2D eigenvalue weighted by molar-refractivity contribution is 7.89. The van der Waals surface area contributed by atoms with Crippen LogP contribution in [0.2, 0.25) is 0 Å². The van der Waals surface area contributed by atoms with Crippen molar-refractivity contribution in [3.63, 3.8) is 0 Å². The van der Waals surface area contributed by atoms with Gasteiger partial charge >= 0.3 is 0 Å². The summed E-state index contributed by atoms with van der Waals surface area (Å²) < 4.78 is 29.4. The van der Waals surface area contributed by atoms with Gasteiger partial charge < -0.3 is 4.57 Å². The van der Waals surface area contributed by atoms with Crippen LogP contribution in [0.3, 0.4) is 0 Å². The maximum absolute atomic E-state index is 12.9. The summed E-state index contributed by atoms with van der Waals surface area (Å²) >= 11 is 0. The molecule has 1 aliphatic heterocycles. The van der Waals surface area contributed by atoms with E-state index in [-0.39, 0.29) is 10.9 Å². The van der Waals surface area contributed by atoms with Crippen LogP contribution in [-0.2, 0) is 16.4 Å². The first-order chi connectivity index (χ1) is 12.6. The molecule has 4 rings (SSSR count). The number of hydrogen-bond acceptors (Lipinski definition) is 5. The highest BCUT2D eigenvalue weighted by atomic mass is 32.2. The molecule has 0 aromatic carbocycles. The molecule has 0 N–H and O–H groups in total. The average molecular weight is 371 g/mol. The van der Waals surface area contributed by atoms with Gasteiger partial charge in [-0.1, -0.05) is 6.92 Å². The molecule has 0 amide bonds. The molecule has 26 heavy (non-hydrogen) atoms. The fraction of sp³-hybridized carbons (Fsp3) is 0.389. The molecule has 0 unspecified atom stereocenters. The van der Waals surface area contributed by atoms with Crippen LogP contribution >= 0.6 is 0 Å². The van der Waals surface area contributed by atoms with Crippen molar-refractivity contribution in [3.05, 3.63) is 48.7 Å². The van der Waals surface area contributed by atoms with Crippen molar-refractivity contribution in [2.24, 2.45) is 0 Å². The Balaban J connectivity index is 1.67. The van der Waals surface area contributed by atoms with Crippen LogP contribution in [0.5, 0.6) is 0 Å². The van der Waals surface area contributed by atoms with Crippen LogP contribution in [0.25, 0.3) is 11.2 Å². The number of rotatable bonds is 5. The van der Waals surface area contributed by atoms with Crippen molar-refractivity contribution in [1.29, 1.82) is 0 Å². The normalized spacial score (nSPS) is 18.6. The first-order valence-electron chi connectivity index (χ1n) is 8.83. The van der Waals surface area contributed by atoms with E-state index in [1.54, 1.807) is 28.8 Å². The highest BCUT2D eigenvalue weighted by Crippen LogP contribution is 2.30. The summed E-state index contributed by atoms with van der Waals surface area (Å²) in [4.78, 5) is 13.4. The summed E-state index contributed by atoms with van der Waals surface area (Å²) in [6, 6.07) is 7.11. The topological polar surface area (TPSA) is 81.0 Å². The molecule has 3 aromatic rings. The minimum Gasteiger partial charge on any atom is -0.308 e. The number of aromatic nitrogens is 4. The minimum absolute atomic E-state index is 0.0443. The maximum atomic E-state index is 12.9. The fourth-order valence-corrected chi connectivity index (χ4v) is 5.01. The summed E-state index contributed by atoms with van der Waals surface area (Å²) in [5, 5.41) is 0. The zero-order chi connectivity index (χ0) is 18.1. The third-order valence-electron chi connectivity index (χ3n) is 4.76. The van der Waals surface area contributed by atoms with Gasteiger partial charge in [0, 0.05) is 38.1 Å². The van der Waals surface area contributed by atoms with Crippen LogP contribution in [-0.4, -0.2) is 45.3 Å². The summed E-state index contributed by atoms with van der Waals surface area (Å²) in [6.45, 7) is 3.03. The van der Waals surface area contributed by atoms with Gasteiger partial charge in [-0.3, -0.25) is 4.98 Å². The molecule has 0 radical (unpaired) electrons. The standard InChI is InChI=1S/C18H21N5O2S/c1-2-5-17-21-16-7-4-10-20-18(16)23(17)14-8-11-22(13-14)26(24,25)15-6-3-9-19-12-15/h3-4,6-7,9-10,12,14H,2,5,8,11,13H2,1H3/t14-/m1/s1. The van der Waals surface area contributed by atoms with Gasteiger partial charge in [-0.05, 0) is 37.1 Å². The Kier molecular flexibility index (Phi) is 4.46. The van der Waals surface area contributed by atoms with Gasteiger partial charge in [0.25, 0.3) is 0 Å². The fourth-order valence-electron chi connectivity index (χ4n) is 3.55. The van der Waals surface area contributed by atoms with Crippen LogP contribution in [0.1, 0.15) is 31.6 Å². The third-order valence-corrected chi connectivity index (χ3v) is 6.61. The van der Waals surface area contributed by atoms with Gasteiger partial charge in [0.2, 0.25) is 10.0 Å². The second-order valence-electron chi connectivity index (χ2n) is 6.49. The zero-order valence-electron chi connectivity index (χ0n) is 14.6. The Hall–Kier alpha value is -2.32. The van der Waals surface area contributed by atoms with E-state index < -0.39 is 10.0 Å². The number of nitrogens with zero attached hydrogens (tertiary/aromatic N) is 5. The molecule has 3 aromatic heterocycles. The Morgan fingerprint density at radius 1 is 1.23 bits per heavy atom. The van der Waals surface area contributed by atoms with Crippen molar-refractivity contribution < 1.29 is 8.42 Å². The predicted octanol–water partition coefficient (Wildman–Crippen LogP) is 2.41. The second-order valence-corrected chi connectivity index (χ2v) is 8.43. The van der Waals surface area contributed by atoms with E-state index >= 15 is 0 Å². The Bertz CT molecular complexity index is 1020. The van der Waals surface area contributed by atoms with Gasteiger partial charge in [-0.2, -0.15) is 4.31 Å². The molecule has 0 saturated carbocycles. The molecule has 136 valence electrons. The SMILES string of the molecule is CCCc1nc2cccnc2n1[C@@H]1CCN(S(=O)(=O)c2cccnc2)C1. The molecular formula is C18H21N5O2S. The number of pyridine rings is 2. The minimum atomic E-state index is -3.52. The van der Waals surface area contributed by atoms with E-state index in [4.69, 9.17) is 4.98 Å². The molecule has 8 heteroatoms. The number of hydrogen-bond donors (Lipinski definition) is 0. The molecular weight excluding hydrogens is 350 g/mol. The van der Waals surface area contributed by atoms with E-state index in [0.29, 0.717) is 13.1 Å². The molecule has 0 spiro atoms. The van der Waals surface area contributed by atoms with Crippen LogP contribution in [0, 0.1) is 0 Å². The second kappa shape index (κ2) is 6.77. The lowest BCUT2D eigenvalue weighted by molar-refractivity contribution is 0.449. The molecule has 0 bridgehead atoms. The predicted molar refractivity (Wildman–Crippen MR) is 98.2 cm³/mol. The number of imidazole rings is 1. The lowest BCUT2D eigenvalue weighted by atomic mass is 10.2. The van der Waals surface area contributed by atoms with E-state index in [0.717, 1.165) is 36.3 Å². The van der Waals surface area contributed by atoms with E-state index in [2.05, 4.69) is 21.5 Å². The monoisotopic (exact) mass is 371 g/mol. The zero-order valence-corrected chi connectivity index (χ0v) is 15.4. The van der Waals surface area contributed by atoms with Gasteiger partial charge in [-0.15, -0.1) is 0 Å². The summed E-state index contributed by atoms with van der Waals surface area (Å²) in [6.07, 6.45) is 7.31. The van der Waals surface area contributed by atoms with Gasteiger partial charge in [-0.25, -0.2) is 18.4 Å². The molecule has 1 fully saturated rings. The molecule has 1 saturated heterocycles. The summed E-state index contributed by atoms with van der Waals surface area (Å²) in [5.41, 5.74) is 1.70. The van der Waals surface area contributed by atoms with E-state index in [1.165, 1.54) is 6.20 Å².